The van der Waals surface area contributed by atoms with Crippen LogP contribution in [0.15, 0.2) is 5.11 Å². The molecule has 9 heteroatoms. The highest BCUT2D eigenvalue weighted by Crippen LogP contribution is 2.40. The van der Waals surface area contributed by atoms with Crippen molar-refractivity contribution in [3.63, 3.8) is 0 Å². The van der Waals surface area contributed by atoms with E-state index in [1.807, 2.05) is 5.92 Å². The molecule has 0 aromatic rings. The smallest absolute Gasteiger partial charge is 0.217 e. The number of hydrogen-bond donors (Lipinski definition) is 2. The van der Waals surface area contributed by atoms with Crippen LogP contribution in [0.2, 0.25) is 0 Å². The summed E-state index contributed by atoms with van der Waals surface area (Å²) in [5.74, 6) is 1.82. The van der Waals surface area contributed by atoms with Gasteiger partial charge in [-0.3, -0.25) is 0 Å². The van der Waals surface area contributed by atoms with E-state index in [2.05, 4.69) is 10.0 Å². The lowest BCUT2D eigenvalue weighted by atomic mass is 9.81. The molecule has 0 aromatic carbocycles. The van der Waals surface area contributed by atoms with Crippen molar-refractivity contribution in [3.8, 4) is 11.3 Å². The largest absolute Gasteiger partial charge is 0.393 e. The average Bonchev–Trinajstić information content (AvgIpc) is 2.43. The molecule has 0 aliphatic carbocycles. The van der Waals surface area contributed by atoms with Gasteiger partial charge in [0, 0.05) is 10.3 Å². The van der Waals surface area contributed by atoms with Gasteiger partial charge in [0.2, 0.25) is 5.67 Å². The summed E-state index contributed by atoms with van der Waals surface area (Å²) in [5.41, 5.74) is 3.36. The first-order valence-electron chi connectivity index (χ1n) is 4.07. The number of aliphatic hydroxyl groups is 2. The van der Waals surface area contributed by atoms with Crippen LogP contribution in [0.1, 0.15) is 0 Å². The summed E-state index contributed by atoms with van der Waals surface area (Å²) in [5, 5.41) is 23.3. The Labute approximate surface area is 96.4 Å². The standard InChI is InChI=1S/C7H6BClFN3O3/c8-5-6(10,1-2-9)4(15)7(3-14,16-5)12-13-11/h4-5,14-15H,3H2/t4?,5-,6-,7-/m1/s1. The topological polar surface area (TPSA) is 98.5 Å². The molecule has 2 radical (unpaired) electrons. The summed E-state index contributed by atoms with van der Waals surface area (Å²) in [7, 11) is 5.26. The van der Waals surface area contributed by atoms with Gasteiger partial charge in [-0.25, -0.2) is 4.39 Å². The van der Waals surface area contributed by atoms with Crippen molar-refractivity contribution in [2.45, 2.75) is 23.5 Å². The summed E-state index contributed by atoms with van der Waals surface area (Å²) in [6.45, 7) is -0.943. The second-order valence-corrected chi connectivity index (χ2v) is 3.31. The fraction of sp³-hybridized carbons (Fsp3) is 0.714. The van der Waals surface area contributed by atoms with Crippen molar-refractivity contribution >= 4 is 19.4 Å². The Bertz CT molecular complexity index is 396. The van der Waals surface area contributed by atoms with Gasteiger partial charge in [-0.05, 0) is 23.1 Å². The highest BCUT2D eigenvalue weighted by atomic mass is 35.5. The molecule has 0 aromatic heterocycles. The van der Waals surface area contributed by atoms with Crippen molar-refractivity contribution in [3.05, 3.63) is 10.4 Å². The van der Waals surface area contributed by atoms with Crippen LogP contribution < -0.4 is 0 Å². The van der Waals surface area contributed by atoms with Gasteiger partial charge in [0.05, 0.1) is 12.6 Å². The van der Waals surface area contributed by atoms with Gasteiger partial charge >= 0.3 is 0 Å². The van der Waals surface area contributed by atoms with Gasteiger partial charge in [0.1, 0.15) is 14.0 Å². The fourth-order valence-corrected chi connectivity index (χ4v) is 1.52. The van der Waals surface area contributed by atoms with E-state index in [0.717, 1.165) is 0 Å². The summed E-state index contributed by atoms with van der Waals surface area (Å²) >= 11 is 5.03. The first-order chi connectivity index (χ1) is 7.46. The second-order valence-electron chi connectivity index (χ2n) is 3.12. The zero-order chi connectivity index (χ0) is 12.4. The van der Waals surface area contributed by atoms with Crippen LogP contribution in [0.3, 0.4) is 0 Å². The molecule has 1 rings (SSSR count). The third-order valence-corrected chi connectivity index (χ3v) is 2.34. The summed E-state index contributed by atoms with van der Waals surface area (Å²) in [6.07, 6.45) is -2.04. The molecule has 2 N–H and O–H groups in total. The Hall–Kier alpha value is -0.965. The highest BCUT2D eigenvalue weighted by molar-refractivity contribution is 6.30. The zero-order valence-electron chi connectivity index (χ0n) is 7.84. The van der Waals surface area contributed by atoms with Crippen LogP contribution in [0, 0.1) is 11.3 Å². The lowest BCUT2D eigenvalue weighted by molar-refractivity contribution is -0.0947. The van der Waals surface area contributed by atoms with E-state index < -0.39 is 30.1 Å². The Morgan fingerprint density at radius 2 is 2.38 bits per heavy atom. The molecule has 0 spiro atoms. The van der Waals surface area contributed by atoms with E-state index in [1.165, 1.54) is 0 Å². The van der Waals surface area contributed by atoms with Crippen molar-refractivity contribution in [2.75, 3.05) is 6.61 Å². The molecular weight excluding hydrogens is 239 g/mol. The van der Waals surface area contributed by atoms with E-state index in [0.29, 0.717) is 0 Å². The Balaban J connectivity index is 3.22. The molecule has 1 saturated heterocycles. The Morgan fingerprint density at radius 3 is 2.81 bits per heavy atom. The molecular formula is C7H6BClFN3O3. The molecule has 0 amide bonds. The molecule has 1 unspecified atom stereocenters. The van der Waals surface area contributed by atoms with Crippen LogP contribution in [-0.2, 0) is 4.74 Å². The molecule has 84 valence electrons. The predicted octanol–water partition coefficient (Wildman–Crippen LogP) is -0.221. The van der Waals surface area contributed by atoms with Crippen molar-refractivity contribution in [1.82, 2.24) is 0 Å². The Morgan fingerprint density at radius 1 is 1.75 bits per heavy atom. The van der Waals surface area contributed by atoms with Crippen LogP contribution in [0.25, 0.3) is 10.4 Å². The van der Waals surface area contributed by atoms with Gasteiger partial charge in [0.25, 0.3) is 0 Å². The summed E-state index contributed by atoms with van der Waals surface area (Å²) in [4.78, 5) is 2.35. The minimum absolute atomic E-state index is 0.943. The van der Waals surface area contributed by atoms with Crippen molar-refractivity contribution < 1.29 is 19.3 Å². The second kappa shape index (κ2) is 4.49. The number of alkyl halides is 1. The quantitative estimate of drug-likeness (QED) is 0.231. The first-order valence-corrected chi connectivity index (χ1v) is 4.45. The van der Waals surface area contributed by atoms with Gasteiger partial charge in [0.15, 0.2) is 5.72 Å². The van der Waals surface area contributed by atoms with Crippen LogP contribution in [-0.4, -0.2) is 48.2 Å². The lowest BCUT2D eigenvalue weighted by Crippen LogP contribution is -2.49. The van der Waals surface area contributed by atoms with Crippen molar-refractivity contribution in [2.24, 2.45) is 5.11 Å². The van der Waals surface area contributed by atoms with Crippen LogP contribution >= 0.6 is 11.6 Å². The molecule has 16 heavy (non-hydrogen) atoms. The number of hydrogen-bond acceptors (Lipinski definition) is 4. The zero-order valence-corrected chi connectivity index (χ0v) is 8.60. The first kappa shape index (κ1) is 13.1. The van der Waals surface area contributed by atoms with E-state index in [4.69, 9.17) is 34.8 Å². The molecule has 1 fully saturated rings. The highest BCUT2D eigenvalue weighted by Gasteiger charge is 2.62. The minimum Gasteiger partial charge on any atom is -0.393 e. The van der Waals surface area contributed by atoms with Crippen LogP contribution in [0.5, 0.6) is 0 Å². The van der Waals surface area contributed by atoms with E-state index in [9.17, 15) is 9.50 Å². The summed E-state index contributed by atoms with van der Waals surface area (Å²) in [6, 6.07) is -1.69. The molecule has 0 bridgehead atoms. The average molecular weight is 245 g/mol. The predicted molar refractivity (Wildman–Crippen MR) is 53.1 cm³/mol. The monoisotopic (exact) mass is 245 g/mol. The van der Waals surface area contributed by atoms with E-state index in [-0.39, 0.29) is 0 Å². The van der Waals surface area contributed by atoms with Crippen molar-refractivity contribution in [1.29, 1.82) is 0 Å². The van der Waals surface area contributed by atoms with Gasteiger partial charge < -0.3 is 14.9 Å². The number of ether oxygens (including phenoxy) is 1. The fourth-order valence-electron chi connectivity index (χ4n) is 1.38. The number of azide groups is 1. The minimum atomic E-state index is -2.71. The number of nitrogens with zero attached hydrogens (tertiary/aromatic N) is 3. The Kier molecular flexibility index (Phi) is 3.68. The molecule has 1 heterocycles. The molecule has 4 atom stereocenters. The normalized spacial score (nSPS) is 42.0. The van der Waals surface area contributed by atoms with E-state index >= 15 is 0 Å². The van der Waals surface area contributed by atoms with Crippen LogP contribution in [0.4, 0.5) is 4.39 Å². The number of aliphatic hydroxyl groups excluding tert-OH is 2. The SMILES string of the molecule is [B][C@@H]1O[C@@](CO)(N=[N+]=[N-])C(O)[C@]1(F)C#CCl. The maximum absolute atomic E-state index is 14.1. The van der Waals surface area contributed by atoms with Gasteiger partial charge in [-0.2, -0.15) is 0 Å². The maximum Gasteiger partial charge on any atom is 0.217 e. The van der Waals surface area contributed by atoms with E-state index in [1.54, 1.807) is 5.38 Å². The number of halogens is 2. The molecule has 6 nitrogen and oxygen atoms in total. The maximum atomic E-state index is 14.1. The molecule has 1 aliphatic heterocycles. The molecule has 1 aliphatic rings. The van der Waals surface area contributed by atoms with Gasteiger partial charge in [-0.1, -0.05) is 5.11 Å². The van der Waals surface area contributed by atoms with Gasteiger partial charge in [-0.15, -0.1) is 0 Å². The number of rotatable bonds is 2. The third kappa shape index (κ3) is 1.73. The molecule has 0 saturated carbocycles. The third-order valence-electron chi connectivity index (χ3n) is 2.25. The summed E-state index contributed by atoms with van der Waals surface area (Å²) < 4.78 is 18.8. The lowest BCUT2D eigenvalue weighted by Gasteiger charge is -2.25.